The summed E-state index contributed by atoms with van der Waals surface area (Å²) >= 11 is 11.6. The molecule has 2 aromatic rings. The predicted molar refractivity (Wildman–Crippen MR) is 74.6 cm³/mol. The van der Waals surface area contributed by atoms with Gasteiger partial charge in [0, 0.05) is 6.07 Å². The highest BCUT2D eigenvalue weighted by atomic mass is 35.5. The van der Waals surface area contributed by atoms with Gasteiger partial charge in [-0.25, -0.2) is 9.48 Å². The smallest absolute Gasteiger partial charge is 0.356 e. The van der Waals surface area contributed by atoms with Crippen molar-refractivity contribution in [1.82, 2.24) is 9.78 Å². The lowest BCUT2D eigenvalue weighted by Crippen LogP contribution is -2.15. The number of benzene rings is 1. The molecule has 0 radical (unpaired) electrons. The number of nitrogens with zero attached hydrogens (tertiary/aromatic N) is 2. The Balaban J connectivity index is 2.68. The van der Waals surface area contributed by atoms with Crippen LogP contribution in [0.3, 0.4) is 0 Å². The number of hydrogen-bond donors (Lipinski definition) is 1. The molecule has 0 fully saturated rings. The average Bonchev–Trinajstić information content (AvgIpc) is 2.88. The van der Waals surface area contributed by atoms with Gasteiger partial charge in [-0.3, -0.25) is 0 Å². The molecule has 21 heavy (non-hydrogen) atoms. The zero-order valence-corrected chi connectivity index (χ0v) is 11.9. The van der Waals surface area contributed by atoms with E-state index >= 15 is 0 Å². The normalized spacial score (nSPS) is 11.4. The molecule has 0 bridgehead atoms. The number of alkyl halides is 2. The van der Waals surface area contributed by atoms with Gasteiger partial charge in [0.05, 0.1) is 15.7 Å². The Hall–Kier alpha value is -1.92. The zero-order valence-electron chi connectivity index (χ0n) is 10.4. The van der Waals surface area contributed by atoms with Gasteiger partial charge in [-0.15, -0.1) is 0 Å². The summed E-state index contributed by atoms with van der Waals surface area (Å²) < 4.78 is 28.5. The van der Waals surface area contributed by atoms with E-state index < -0.39 is 23.3 Å². The lowest BCUT2D eigenvalue weighted by atomic mass is 10.2. The van der Waals surface area contributed by atoms with Crippen molar-refractivity contribution in [1.29, 1.82) is 0 Å². The molecule has 0 spiro atoms. The van der Waals surface area contributed by atoms with Gasteiger partial charge in [0.1, 0.15) is 5.69 Å². The van der Waals surface area contributed by atoms with Gasteiger partial charge in [-0.1, -0.05) is 29.8 Å². The fraction of sp³-hybridized carbons (Fsp3) is 0.0769. The molecule has 0 saturated heterocycles. The third-order valence-electron chi connectivity index (χ3n) is 2.67. The number of allylic oxidation sites excluding steroid dienone is 1. The monoisotopic (exact) mass is 332 g/mol. The Morgan fingerprint density at radius 1 is 1.33 bits per heavy atom. The first-order chi connectivity index (χ1) is 9.76. The van der Waals surface area contributed by atoms with Crippen LogP contribution in [0.5, 0.6) is 0 Å². The minimum absolute atomic E-state index is 0.134. The van der Waals surface area contributed by atoms with Crippen molar-refractivity contribution in [3.8, 4) is 5.69 Å². The van der Waals surface area contributed by atoms with Crippen LogP contribution in [0.25, 0.3) is 5.69 Å². The Morgan fingerprint density at radius 3 is 2.52 bits per heavy atom. The summed E-state index contributed by atoms with van der Waals surface area (Å²) in [4.78, 5) is 10.9. The van der Waals surface area contributed by atoms with E-state index in [0.717, 1.165) is 10.7 Å². The molecular weight excluding hydrogens is 325 g/mol. The molecule has 0 amide bonds. The van der Waals surface area contributed by atoms with Gasteiger partial charge in [0.25, 0.3) is 0 Å². The summed E-state index contributed by atoms with van der Waals surface area (Å²) in [5.74, 6) is -4.87. The van der Waals surface area contributed by atoms with Crippen LogP contribution in [0.4, 0.5) is 8.78 Å². The fourth-order valence-corrected chi connectivity index (χ4v) is 1.93. The van der Waals surface area contributed by atoms with Crippen molar-refractivity contribution in [3.63, 3.8) is 0 Å². The van der Waals surface area contributed by atoms with Crippen LogP contribution in [-0.4, -0.2) is 20.9 Å². The van der Waals surface area contributed by atoms with Gasteiger partial charge in [-0.05, 0) is 24.3 Å². The van der Waals surface area contributed by atoms with Crippen molar-refractivity contribution in [2.75, 3.05) is 0 Å². The third-order valence-corrected chi connectivity index (χ3v) is 3.41. The van der Waals surface area contributed by atoms with Crippen LogP contribution in [0, 0.1) is 0 Å². The summed E-state index contributed by atoms with van der Waals surface area (Å²) in [6.07, 6.45) is 0.406. The van der Waals surface area contributed by atoms with Gasteiger partial charge >= 0.3 is 11.9 Å². The van der Waals surface area contributed by atoms with Crippen molar-refractivity contribution in [2.45, 2.75) is 5.92 Å². The number of rotatable bonds is 4. The summed E-state index contributed by atoms with van der Waals surface area (Å²) in [7, 11) is 0. The van der Waals surface area contributed by atoms with Crippen molar-refractivity contribution < 1.29 is 18.7 Å². The SMILES string of the molecule is C=CC(F)(F)c1cc(C(=O)O)nn1-c1ccc(Cl)c(Cl)c1. The molecule has 0 aliphatic heterocycles. The standard InChI is InChI=1S/C13H8Cl2F2N2O2/c1-2-13(16,17)11-6-10(12(20)21)18-19(11)7-3-4-8(14)9(15)5-7/h2-6H,1H2,(H,20,21). The highest BCUT2D eigenvalue weighted by Crippen LogP contribution is 2.32. The second kappa shape index (κ2) is 5.46. The molecule has 0 aliphatic carbocycles. The first kappa shape index (κ1) is 15.5. The Kier molecular flexibility index (Phi) is 4.02. The van der Waals surface area contributed by atoms with Crippen molar-refractivity contribution in [2.24, 2.45) is 0 Å². The number of aromatic carboxylic acids is 1. The van der Waals surface area contributed by atoms with Gasteiger partial charge in [0.2, 0.25) is 0 Å². The highest BCUT2D eigenvalue weighted by molar-refractivity contribution is 6.42. The van der Waals surface area contributed by atoms with E-state index in [4.69, 9.17) is 28.3 Å². The molecule has 2 rings (SSSR count). The van der Waals surface area contributed by atoms with E-state index in [0.29, 0.717) is 6.08 Å². The molecule has 4 nitrogen and oxygen atoms in total. The van der Waals surface area contributed by atoms with E-state index in [-0.39, 0.29) is 15.7 Å². The Morgan fingerprint density at radius 2 is 2.00 bits per heavy atom. The zero-order chi connectivity index (χ0) is 15.8. The number of carbonyl (C=O) groups is 1. The minimum atomic E-state index is -3.45. The number of hydrogen-bond acceptors (Lipinski definition) is 2. The second-order valence-corrected chi connectivity index (χ2v) is 4.87. The van der Waals surface area contributed by atoms with Gasteiger partial charge < -0.3 is 5.11 Å². The fourth-order valence-electron chi connectivity index (χ4n) is 1.64. The number of aromatic nitrogens is 2. The molecular formula is C13H8Cl2F2N2O2. The van der Waals surface area contributed by atoms with Crippen LogP contribution in [-0.2, 0) is 5.92 Å². The predicted octanol–water partition coefficient (Wildman–Crippen LogP) is 4.16. The lowest BCUT2D eigenvalue weighted by molar-refractivity contribution is 0.0449. The molecule has 1 aromatic heterocycles. The molecule has 1 heterocycles. The van der Waals surface area contributed by atoms with Crippen LogP contribution >= 0.6 is 23.2 Å². The number of carboxylic acid groups (broad SMARTS) is 1. The van der Waals surface area contributed by atoms with Crippen LogP contribution in [0.2, 0.25) is 10.0 Å². The molecule has 8 heteroatoms. The number of halogens is 4. The van der Waals surface area contributed by atoms with Crippen LogP contribution < -0.4 is 0 Å². The quantitative estimate of drug-likeness (QED) is 0.855. The molecule has 0 atom stereocenters. The Labute approximate surface area is 128 Å². The maximum Gasteiger partial charge on any atom is 0.356 e. The van der Waals surface area contributed by atoms with E-state index in [2.05, 4.69) is 11.7 Å². The van der Waals surface area contributed by atoms with Gasteiger partial charge in [-0.2, -0.15) is 13.9 Å². The first-order valence-corrected chi connectivity index (χ1v) is 6.32. The molecule has 0 unspecified atom stereocenters. The van der Waals surface area contributed by atoms with E-state index in [9.17, 15) is 13.6 Å². The van der Waals surface area contributed by atoms with E-state index in [1.807, 2.05) is 0 Å². The summed E-state index contributed by atoms with van der Waals surface area (Å²) in [6.45, 7) is 3.04. The summed E-state index contributed by atoms with van der Waals surface area (Å²) in [5.41, 5.74) is -0.987. The minimum Gasteiger partial charge on any atom is -0.476 e. The average molecular weight is 333 g/mol. The molecule has 0 aliphatic rings. The molecule has 0 saturated carbocycles. The molecule has 1 N–H and O–H groups in total. The maximum atomic E-state index is 13.9. The highest BCUT2D eigenvalue weighted by Gasteiger charge is 2.34. The van der Waals surface area contributed by atoms with E-state index in [1.165, 1.54) is 18.2 Å². The largest absolute Gasteiger partial charge is 0.476 e. The molecule has 1 aromatic carbocycles. The van der Waals surface area contributed by atoms with Crippen molar-refractivity contribution >= 4 is 29.2 Å². The lowest BCUT2D eigenvalue weighted by Gasteiger charge is -2.14. The van der Waals surface area contributed by atoms with Crippen LogP contribution in [0.1, 0.15) is 16.2 Å². The molecule has 110 valence electrons. The van der Waals surface area contributed by atoms with Crippen LogP contribution in [0.15, 0.2) is 36.9 Å². The third kappa shape index (κ3) is 2.91. The first-order valence-electron chi connectivity index (χ1n) is 5.57. The summed E-state index contributed by atoms with van der Waals surface area (Å²) in [6, 6.07) is 4.89. The Bertz CT molecular complexity index is 729. The second-order valence-electron chi connectivity index (χ2n) is 4.06. The topological polar surface area (TPSA) is 55.1 Å². The van der Waals surface area contributed by atoms with Gasteiger partial charge in [0.15, 0.2) is 5.69 Å². The summed E-state index contributed by atoms with van der Waals surface area (Å²) in [5, 5.41) is 12.9. The van der Waals surface area contributed by atoms with E-state index in [1.54, 1.807) is 0 Å². The van der Waals surface area contributed by atoms with Crippen molar-refractivity contribution in [3.05, 3.63) is 58.4 Å². The number of carboxylic acids is 1. The maximum absolute atomic E-state index is 13.9.